The van der Waals surface area contributed by atoms with Gasteiger partial charge < -0.3 is 14.5 Å². The van der Waals surface area contributed by atoms with Crippen LogP contribution in [0.3, 0.4) is 0 Å². The van der Waals surface area contributed by atoms with Gasteiger partial charge in [0.2, 0.25) is 0 Å². The Hall–Kier alpha value is -3.21. The van der Waals surface area contributed by atoms with Crippen LogP contribution in [0.1, 0.15) is 17.7 Å². The molecule has 0 radical (unpaired) electrons. The molecule has 0 unspecified atom stereocenters. The molecule has 0 atom stereocenters. The molecule has 1 aromatic heterocycles. The Morgan fingerprint density at radius 3 is 2.28 bits per heavy atom. The number of aromatic nitrogens is 1. The number of hydrogen-bond acceptors (Lipinski definition) is 5. The van der Waals surface area contributed by atoms with Gasteiger partial charge in [0.25, 0.3) is 0 Å². The molecule has 1 saturated heterocycles. The van der Waals surface area contributed by atoms with E-state index in [9.17, 15) is 13.2 Å². The molecule has 1 aliphatic heterocycles. The number of pyridine rings is 1. The van der Waals surface area contributed by atoms with E-state index in [1.165, 1.54) is 12.1 Å². The lowest BCUT2D eigenvalue weighted by atomic mass is 9.97. The molecule has 0 amide bonds. The predicted octanol–water partition coefficient (Wildman–Crippen LogP) is 4.16. The molecular formula is C21H19F3N4O. The molecule has 0 saturated carbocycles. The number of allylic oxidation sites excluding steroid dienone is 1. The van der Waals surface area contributed by atoms with E-state index in [1.54, 1.807) is 12.1 Å². The van der Waals surface area contributed by atoms with E-state index in [0.29, 0.717) is 0 Å². The van der Waals surface area contributed by atoms with Crippen molar-refractivity contribution in [3.8, 4) is 11.8 Å². The average molecular weight is 400 g/mol. The number of piperazine rings is 1. The summed E-state index contributed by atoms with van der Waals surface area (Å²) in [6, 6.07) is 12.2. The molecule has 5 nitrogen and oxygen atoms in total. The molecule has 29 heavy (non-hydrogen) atoms. The largest absolute Gasteiger partial charge is 0.573 e. The number of nitrogens with zero attached hydrogens (tertiary/aromatic N) is 4. The Kier molecular flexibility index (Phi) is 5.05. The average Bonchev–Trinajstić information content (AvgIpc) is 2.72. The fourth-order valence-corrected chi connectivity index (χ4v) is 3.66. The lowest BCUT2D eigenvalue weighted by molar-refractivity contribution is -0.274. The predicted molar refractivity (Wildman–Crippen MR) is 104 cm³/mol. The molecular weight excluding hydrogens is 381 g/mol. The maximum absolute atomic E-state index is 12.3. The number of ether oxygens (including phenoxy) is 1. The van der Waals surface area contributed by atoms with E-state index < -0.39 is 6.36 Å². The smallest absolute Gasteiger partial charge is 0.406 e. The second-order valence-corrected chi connectivity index (χ2v) is 7.00. The van der Waals surface area contributed by atoms with E-state index >= 15 is 0 Å². The zero-order chi connectivity index (χ0) is 20.4. The van der Waals surface area contributed by atoms with Crippen LogP contribution >= 0.6 is 0 Å². The maximum atomic E-state index is 12.3. The van der Waals surface area contributed by atoms with Crippen molar-refractivity contribution in [3.63, 3.8) is 0 Å². The molecule has 8 heteroatoms. The summed E-state index contributed by atoms with van der Waals surface area (Å²) in [5.74, 6) is 0.706. The molecule has 0 N–H and O–H groups in total. The third-order valence-electron chi connectivity index (χ3n) is 5.14. The van der Waals surface area contributed by atoms with Gasteiger partial charge in [0, 0.05) is 37.4 Å². The summed E-state index contributed by atoms with van der Waals surface area (Å²) in [7, 11) is 0. The highest BCUT2D eigenvalue weighted by atomic mass is 19.4. The van der Waals surface area contributed by atoms with E-state index in [-0.39, 0.29) is 5.75 Å². The van der Waals surface area contributed by atoms with Crippen LogP contribution in [0.4, 0.5) is 24.7 Å². The van der Waals surface area contributed by atoms with Crippen LogP contribution in [0.25, 0.3) is 6.08 Å². The highest BCUT2D eigenvalue weighted by Crippen LogP contribution is 2.28. The van der Waals surface area contributed by atoms with Gasteiger partial charge in [-0.25, -0.2) is 4.98 Å². The van der Waals surface area contributed by atoms with Crippen LogP contribution in [0.5, 0.6) is 5.75 Å². The van der Waals surface area contributed by atoms with Crippen molar-refractivity contribution in [2.24, 2.45) is 0 Å². The van der Waals surface area contributed by atoms with E-state index in [2.05, 4.69) is 20.6 Å². The number of halogens is 3. The van der Waals surface area contributed by atoms with Crippen LogP contribution in [-0.4, -0.2) is 37.5 Å². The van der Waals surface area contributed by atoms with E-state index in [1.807, 2.05) is 18.2 Å². The normalized spacial score (nSPS) is 16.7. The number of aryl methyl sites for hydroxylation is 1. The summed E-state index contributed by atoms with van der Waals surface area (Å²) < 4.78 is 40.8. The molecule has 150 valence electrons. The van der Waals surface area contributed by atoms with Crippen molar-refractivity contribution < 1.29 is 17.9 Å². The minimum absolute atomic E-state index is 0.216. The second-order valence-electron chi connectivity index (χ2n) is 7.00. The third kappa shape index (κ3) is 4.45. The SMILES string of the molecule is N#CC1=Cc2ccc(N3CCN(c4ccc(OC(F)(F)F)cc4)CC3)nc2CC1. The van der Waals surface area contributed by atoms with E-state index in [0.717, 1.165) is 67.4 Å². The van der Waals surface area contributed by atoms with Crippen molar-refractivity contribution in [3.05, 3.63) is 53.2 Å². The fourth-order valence-electron chi connectivity index (χ4n) is 3.66. The maximum Gasteiger partial charge on any atom is 0.573 e. The van der Waals surface area contributed by atoms with Gasteiger partial charge >= 0.3 is 6.36 Å². The third-order valence-corrected chi connectivity index (χ3v) is 5.14. The van der Waals surface area contributed by atoms with Crippen molar-refractivity contribution in [2.45, 2.75) is 19.2 Å². The standard InChI is InChI=1S/C21H19F3N4O/c22-21(23,24)29-18-5-3-17(4-6-18)27-9-11-28(12-10-27)20-8-2-16-13-15(14-25)1-7-19(16)26-20/h2-6,8,13H,1,7,9-12H2. The van der Waals surface area contributed by atoms with Gasteiger partial charge in [-0.2, -0.15) is 5.26 Å². The summed E-state index contributed by atoms with van der Waals surface area (Å²) in [6.45, 7) is 3.03. The van der Waals surface area contributed by atoms with Crippen molar-refractivity contribution in [1.29, 1.82) is 5.26 Å². The van der Waals surface area contributed by atoms with Gasteiger partial charge in [-0.3, -0.25) is 0 Å². The lowest BCUT2D eigenvalue weighted by Gasteiger charge is -2.37. The van der Waals surface area contributed by atoms with Gasteiger partial charge in [-0.1, -0.05) is 0 Å². The number of fused-ring (bicyclic) bond motifs is 1. The van der Waals surface area contributed by atoms with Gasteiger partial charge in [0.1, 0.15) is 11.6 Å². The molecule has 1 aromatic carbocycles. The highest BCUT2D eigenvalue weighted by Gasteiger charge is 2.31. The first-order valence-corrected chi connectivity index (χ1v) is 9.37. The Morgan fingerprint density at radius 2 is 1.62 bits per heavy atom. The first-order chi connectivity index (χ1) is 13.9. The van der Waals surface area contributed by atoms with E-state index in [4.69, 9.17) is 10.2 Å². The van der Waals surface area contributed by atoms with Crippen LogP contribution < -0.4 is 14.5 Å². The van der Waals surface area contributed by atoms with Gasteiger partial charge in [0.15, 0.2) is 0 Å². The number of hydrogen-bond donors (Lipinski definition) is 0. The highest BCUT2D eigenvalue weighted by molar-refractivity contribution is 5.63. The van der Waals surface area contributed by atoms with Crippen LogP contribution in [0.2, 0.25) is 0 Å². The molecule has 1 aliphatic carbocycles. The minimum Gasteiger partial charge on any atom is -0.406 e. The summed E-state index contributed by atoms with van der Waals surface area (Å²) in [4.78, 5) is 9.12. The molecule has 2 aromatic rings. The monoisotopic (exact) mass is 400 g/mol. The topological polar surface area (TPSA) is 52.4 Å². The summed E-state index contributed by atoms with van der Waals surface area (Å²) in [5, 5.41) is 9.05. The molecule has 0 bridgehead atoms. The Morgan fingerprint density at radius 1 is 0.931 bits per heavy atom. The lowest BCUT2D eigenvalue weighted by Crippen LogP contribution is -2.46. The van der Waals surface area contributed by atoms with Crippen LogP contribution in [0, 0.1) is 11.3 Å². The Balaban J connectivity index is 1.39. The van der Waals surface area contributed by atoms with Crippen molar-refractivity contribution >= 4 is 17.6 Å². The first-order valence-electron chi connectivity index (χ1n) is 9.37. The van der Waals surface area contributed by atoms with Gasteiger partial charge in [-0.05, 0) is 60.9 Å². The summed E-state index contributed by atoms with van der Waals surface area (Å²) in [5.41, 5.74) is 3.68. The molecule has 2 aliphatic rings. The van der Waals surface area contributed by atoms with Crippen molar-refractivity contribution in [1.82, 2.24) is 4.98 Å². The number of anilines is 2. The van der Waals surface area contributed by atoms with Crippen LogP contribution in [-0.2, 0) is 6.42 Å². The molecule has 0 spiro atoms. The first kappa shape index (κ1) is 19.1. The molecule has 4 rings (SSSR count). The van der Waals surface area contributed by atoms with Gasteiger partial charge in [0.05, 0.1) is 11.8 Å². The zero-order valence-corrected chi connectivity index (χ0v) is 15.6. The summed E-state index contributed by atoms with van der Waals surface area (Å²) in [6.07, 6.45) is -1.28. The Labute approximate surface area is 166 Å². The number of benzene rings is 1. The second kappa shape index (κ2) is 7.66. The number of rotatable bonds is 3. The Bertz CT molecular complexity index is 955. The minimum atomic E-state index is -4.68. The number of alkyl halides is 3. The molecule has 1 fully saturated rings. The van der Waals surface area contributed by atoms with Gasteiger partial charge in [-0.15, -0.1) is 13.2 Å². The zero-order valence-electron chi connectivity index (χ0n) is 15.6. The number of nitriles is 1. The molecule has 2 heterocycles. The fraction of sp³-hybridized carbons (Fsp3) is 0.333. The van der Waals surface area contributed by atoms with Crippen molar-refractivity contribution in [2.75, 3.05) is 36.0 Å². The summed E-state index contributed by atoms with van der Waals surface area (Å²) >= 11 is 0. The van der Waals surface area contributed by atoms with Crippen LogP contribution in [0.15, 0.2) is 42.0 Å². The quantitative estimate of drug-likeness (QED) is 0.775.